The molecular weight excluding hydrogens is 469 g/mol. The number of fused-ring (bicyclic) bond motifs is 1. The van der Waals surface area contributed by atoms with Gasteiger partial charge in [0.2, 0.25) is 5.91 Å². The molecule has 0 aromatic heterocycles. The van der Waals surface area contributed by atoms with Crippen LogP contribution in [-0.4, -0.2) is 34.7 Å². The molecule has 0 fully saturated rings. The largest absolute Gasteiger partial charge is 0.480 e. The first-order valence-corrected chi connectivity index (χ1v) is 11.0. The maximum Gasteiger partial charge on any atom is 0.412 e. The first kappa shape index (κ1) is 24.7. The summed E-state index contributed by atoms with van der Waals surface area (Å²) in [5.41, 5.74) is 1.73. The minimum Gasteiger partial charge on any atom is -0.480 e. The van der Waals surface area contributed by atoms with Crippen LogP contribution >= 0.6 is 23.2 Å². The molecule has 4 N–H and O–H groups in total. The van der Waals surface area contributed by atoms with Gasteiger partial charge in [0.1, 0.15) is 11.6 Å². The van der Waals surface area contributed by atoms with Crippen LogP contribution < -0.4 is 16.0 Å². The van der Waals surface area contributed by atoms with E-state index in [1.807, 2.05) is 0 Å². The highest BCUT2D eigenvalue weighted by molar-refractivity contribution is 6.35. The molecule has 2 atom stereocenters. The Kier molecular flexibility index (Phi) is 7.39. The first-order valence-electron chi connectivity index (χ1n) is 10.3. The number of carboxylic acids is 1. The van der Waals surface area contributed by atoms with Crippen molar-refractivity contribution in [3.63, 3.8) is 0 Å². The molecule has 0 spiro atoms. The SMILES string of the molecule is CC(C)(C)OC(=O)Nc1ccc(CC(=O)N[C@H]2C[C@H](C(=O)O)Nc3cc(Cl)cc(Cl)c32)cc1. The summed E-state index contributed by atoms with van der Waals surface area (Å²) in [6, 6.07) is 8.44. The highest BCUT2D eigenvalue weighted by atomic mass is 35.5. The lowest BCUT2D eigenvalue weighted by Gasteiger charge is -2.32. The van der Waals surface area contributed by atoms with Crippen molar-refractivity contribution in [1.29, 1.82) is 0 Å². The highest BCUT2D eigenvalue weighted by Crippen LogP contribution is 2.39. The van der Waals surface area contributed by atoms with E-state index < -0.39 is 29.7 Å². The molecule has 1 aliphatic heterocycles. The van der Waals surface area contributed by atoms with E-state index in [1.165, 1.54) is 0 Å². The zero-order chi connectivity index (χ0) is 24.3. The zero-order valence-corrected chi connectivity index (χ0v) is 19.9. The number of aliphatic carboxylic acids is 1. The van der Waals surface area contributed by atoms with Gasteiger partial charge in [0.25, 0.3) is 0 Å². The lowest BCUT2D eigenvalue weighted by Crippen LogP contribution is -2.41. The van der Waals surface area contributed by atoms with E-state index in [0.717, 1.165) is 0 Å². The van der Waals surface area contributed by atoms with Crippen molar-refractivity contribution in [2.24, 2.45) is 0 Å². The Morgan fingerprint density at radius 3 is 2.42 bits per heavy atom. The smallest absolute Gasteiger partial charge is 0.412 e. The Labute approximate surface area is 201 Å². The van der Waals surface area contributed by atoms with Gasteiger partial charge in [0.15, 0.2) is 0 Å². The maximum absolute atomic E-state index is 12.7. The van der Waals surface area contributed by atoms with Crippen LogP contribution in [0.25, 0.3) is 0 Å². The van der Waals surface area contributed by atoms with E-state index >= 15 is 0 Å². The summed E-state index contributed by atoms with van der Waals surface area (Å²) in [7, 11) is 0. The number of carbonyl (C=O) groups excluding carboxylic acids is 2. The summed E-state index contributed by atoms with van der Waals surface area (Å²) in [4.78, 5) is 36.2. The molecule has 0 unspecified atom stereocenters. The molecule has 3 rings (SSSR count). The van der Waals surface area contributed by atoms with Crippen LogP contribution in [0, 0.1) is 0 Å². The van der Waals surface area contributed by atoms with Crippen LogP contribution in [0.4, 0.5) is 16.2 Å². The Bertz CT molecular complexity index is 1070. The average Bonchev–Trinajstić information content (AvgIpc) is 2.67. The quantitative estimate of drug-likeness (QED) is 0.465. The van der Waals surface area contributed by atoms with E-state index in [2.05, 4.69) is 16.0 Å². The number of carbonyl (C=O) groups is 3. The highest BCUT2D eigenvalue weighted by Gasteiger charge is 2.33. The Hall–Kier alpha value is -2.97. The summed E-state index contributed by atoms with van der Waals surface area (Å²) in [5, 5.41) is 18.6. The van der Waals surface area contributed by atoms with Gasteiger partial charge in [-0.1, -0.05) is 35.3 Å². The second kappa shape index (κ2) is 9.89. The van der Waals surface area contributed by atoms with Crippen LogP contribution in [0.3, 0.4) is 0 Å². The molecule has 1 aliphatic rings. The van der Waals surface area contributed by atoms with Crippen molar-refractivity contribution < 1.29 is 24.2 Å². The second-order valence-corrected chi connectivity index (χ2v) is 9.58. The molecule has 176 valence electrons. The van der Waals surface area contributed by atoms with Crippen molar-refractivity contribution in [3.8, 4) is 0 Å². The van der Waals surface area contributed by atoms with Gasteiger partial charge >= 0.3 is 12.1 Å². The third kappa shape index (κ3) is 6.76. The van der Waals surface area contributed by atoms with Crippen LogP contribution in [0.5, 0.6) is 0 Å². The predicted molar refractivity (Wildman–Crippen MR) is 127 cm³/mol. The third-order valence-electron chi connectivity index (χ3n) is 4.84. The Morgan fingerprint density at radius 2 is 1.82 bits per heavy atom. The van der Waals surface area contributed by atoms with Crippen molar-refractivity contribution >= 4 is 52.5 Å². The number of anilines is 2. The summed E-state index contributed by atoms with van der Waals surface area (Å²) in [5.74, 6) is -1.33. The van der Waals surface area contributed by atoms with E-state index in [0.29, 0.717) is 32.5 Å². The summed E-state index contributed by atoms with van der Waals surface area (Å²) in [6.45, 7) is 5.32. The van der Waals surface area contributed by atoms with Crippen molar-refractivity contribution in [3.05, 3.63) is 57.6 Å². The monoisotopic (exact) mass is 493 g/mol. The van der Waals surface area contributed by atoms with Crippen molar-refractivity contribution in [2.75, 3.05) is 10.6 Å². The standard InChI is InChI=1S/C23H25Cl2N3O5/c1-23(2,3)33-22(32)26-14-6-4-12(5-7-14)8-19(29)28-17-11-18(21(30)31)27-16-10-13(24)9-15(25)20(16)17/h4-7,9-10,17-18,27H,8,11H2,1-3H3,(H,26,32)(H,28,29)(H,30,31)/t17-,18+/m0/s1. The van der Waals surface area contributed by atoms with Gasteiger partial charge < -0.3 is 20.5 Å². The van der Waals surface area contributed by atoms with E-state index in [4.69, 9.17) is 27.9 Å². The number of hydrogen-bond donors (Lipinski definition) is 4. The molecule has 0 saturated heterocycles. The molecule has 2 aromatic carbocycles. The zero-order valence-electron chi connectivity index (χ0n) is 18.4. The maximum atomic E-state index is 12.7. The third-order valence-corrected chi connectivity index (χ3v) is 5.37. The summed E-state index contributed by atoms with van der Waals surface area (Å²) in [6.07, 6.45) is -0.370. The molecule has 2 amide bonds. The van der Waals surface area contributed by atoms with Gasteiger partial charge in [-0.3, -0.25) is 10.1 Å². The predicted octanol–water partition coefficient (Wildman–Crippen LogP) is 5.01. The number of ether oxygens (including phenoxy) is 1. The van der Waals surface area contributed by atoms with Gasteiger partial charge in [-0.2, -0.15) is 0 Å². The lowest BCUT2D eigenvalue weighted by molar-refractivity contribution is -0.138. The average molecular weight is 494 g/mol. The van der Waals surface area contributed by atoms with Crippen LogP contribution in [-0.2, 0) is 20.7 Å². The number of nitrogens with one attached hydrogen (secondary N) is 3. The van der Waals surface area contributed by atoms with Gasteiger partial charge in [0.05, 0.1) is 12.5 Å². The van der Waals surface area contributed by atoms with Crippen LogP contribution in [0.1, 0.15) is 44.4 Å². The van der Waals surface area contributed by atoms with Gasteiger partial charge in [0, 0.05) is 33.4 Å². The van der Waals surface area contributed by atoms with E-state index in [1.54, 1.807) is 57.2 Å². The number of halogens is 2. The van der Waals surface area contributed by atoms with Gasteiger partial charge in [-0.05, 0) is 50.6 Å². The summed E-state index contributed by atoms with van der Waals surface area (Å²) < 4.78 is 5.21. The summed E-state index contributed by atoms with van der Waals surface area (Å²) >= 11 is 12.4. The number of rotatable bonds is 5. The molecule has 0 aliphatic carbocycles. The molecule has 0 bridgehead atoms. The molecule has 1 heterocycles. The first-order chi connectivity index (χ1) is 15.4. The van der Waals surface area contributed by atoms with Crippen LogP contribution in [0.2, 0.25) is 10.0 Å². The Morgan fingerprint density at radius 1 is 1.15 bits per heavy atom. The number of amides is 2. The topological polar surface area (TPSA) is 117 Å². The second-order valence-electron chi connectivity index (χ2n) is 8.74. The fourth-order valence-electron chi connectivity index (χ4n) is 3.51. The molecule has 33 heavy (non-hydrogen) atoms. The lowest BCUT2D eigenvalue weighted by atomic mass is 9.92. The molecule has 8 nitrogen and oxygen atoms in total. The number of carboxylic acid groups (broad SMARTS) is 1. The van der Waals surface area contributed by atoms with E-state index in [9.17, 15) is 19.5 Å². The van der Waals surface area contributed by atoms with E-state index in [-0.39, 0.29) is 18.7 Å². The molecule has 10 heteroatoms. The molecule has 2 aromatic rings. The van der Waals surface area contributed by atoms with Crippen molar-refractivity contribution in [2.45, 2.75) is 51.3 Å². The fourth-order valence-corrected chi connectivity index (χ4v) is 4.14. The minimum absolute atomic E-state index is 0.0644. The van der Waals surface area contributed by atoms with Gasteiger partial charge in [-0.25, -0.2) is 9.59 Å². The van der Waals surface area contributed by atoms with Gasteiger partial charge in [-0.15, -0.1) is 0 Å². The molecular formula is C23H25Cl2N3O5. The normalized spacial score (nSPS) is 17.4. The number of benzene rings is 2. The molecule has 0 radical (unpaired) electrons. The van der Waals surface area contributed by atoms with Crippen molar-refractivity contribution in [1.82, 2.24) is 5.32 Å². The molecule has 0 saturated carbocycles. The minimum atomic E-state index is -1.04. The fraction of sp³-hybridized carbons (Fsp3) is 0.348. The number of hydrogen-bond acceptors (Lipinski definition) is 5. The van der Waals surface area contributed by atoms with Crippen LogP contribution in [0.15, 0.2) is 36.4 Å². The Balaban J connectivity index is 1.67.